The summed E-state index contributed by atoms with van der Waals surface area (Å²) in [4.78, 5) is 57.9. The van der Waals surface area contributed by atoms with Gasteiger partial charge in [0.1, 0.15) is 11.6 Å². The van der Waals surface area contributed by atoms with E-state index in [9.17, 15) is 28.7 Å². The van der Waals surface area contributed by atoms with Crippen molar-refractivity contribution in [1.29, 1.82) is 0 Å². The summed E-state index contributed by atoms with van der Waals surface area (Å²) < 4.78 is 15.2. The Morgan fingerprint density at radius 1 is 1.17 bits per heavy atom. The minimum absolute atomic E-state index is 0.0972. The van der Waals surface area contributed by atoms with Crippen molar-refractivity contribution in [3.8, 4) is 5.75 Å². The summed E-state index contributed by atoms with van der Waals surface area (Å²) in [6.45, 7) is 3.44. The summed E-state index contributed by atoms with van der Waals surface area (Å²) >= 11 is 0. The monoisotopic (exact) mass is 486 g/mol. The Hall–Kier alpha value is -3.56. The number of hydrogen-bond acceptors (Lipinski definition) is 6. The second-order valence-electron chi connectivity index (χ2n) is 9.26. The van der Waals surface area contributed by atoms with Crippen LogP contribution in [0.1, 0.15) is 72.1 Å². The summed E-state index contributed by atoms with van der Waals surface area (Å²) in [6, 6.07) is 3.62. The van der Waals surface area contributed by atoms with Gasteiger partial charge in [-0.2, -0.15) is 0 Å². The van der Waals surface area contributed by atoms with E-state index in [1.807, 2.05) is 0 Å². The van der Waals surface area contributed by atoms with E-state index in [0.717, 1.165) is 0 Å². The van der Waals surface area contributed by atoms with Gasteiger partial charge in [-0.05, 0) is 56.7 Å². The molecule has 1 N–H and O–H groups in total. The maximum absolute atomic E-state index is 13.9. The van der Waals surface area contributed by atoms with Crippen LogP contribution in [-0.4, -0.2) is 63.2 Å². The van der Waals surface area contributed by atoms with Crippen molar-refractivity contribution in [2.24, 2.45) is 0 Å². The zero-order chi connectivity index (χ0) is 26.0. The molecule has 1 aliphatic heterocycles. The van der Waals surface area contributed by atoms with Crippen LogP contribution in [0, 0.1) is 12.7 Å². The first-order valence-electron chi connectivity index (χ1n) is 11.6. The lowest BCUT2D eigenvalue weighted by Gasteiger charge is -2.29. The topological polar surface area (TPSA) is 113 Å². The first-order valence-corrected chi connectivity index (χ1v) is 11.6. The third-order valence-corrected chi connectivity index (χ3v) is 6.48. The fraction of sp³-hybridized carbons (Fsp3) is 0.480. The minimum atomic E-state index is -0.766. The number of amides is 2. The number of likely N-dealkylation sites (N-methyl/N-ethyl adjacent to an activating group) is 2. The predicted octanol–water partition coefficient (Wildman–Crippen LogP) is 2.54. The fourth-order valence-corrected chi connectivity index (χ4v) is 4.28. The first kappa shape index (κ1) is 26.1. The van der Waals surface area contributed by atoms with Crippen molar-refractivity contribution in [3.63, 3.8) is 0 Å². The molecule has 10 heteroatoms. The summed E-state index contributed by atoms with van der Waals surface area (Å²) in [6.07, 6.45) is 1.78. The van der Waals surface area contributed by atoms with Gasteiger partial charge in [0.15, 0.2) is 11.5 Å². The van der Waals surface area contributed by atoms with Gasteiger partial charge in [-0.15, -0.1) is 0 Å². The second-order valence-corrected chi connectivity index (χ2v) is 9.26. The number of aryl methyl sites for hydroxylation is 2. The molecule has 0 spiro atoms. The standard InChI is InChI=1S/C25H31FN4O5/c1-14-9-10-16(13-17(14)26)11-12-19(31)20-21(32)23(33)30-15(2)7-6-8-18(22(30)27-20)29(5)25(35)24(34)28(3)4/h9-10,13,15,18,32H,6-8,11-12H2,1-5H3/t15-,18-/m1/s1. The van der Waals surface area contributed by atoms with E-state index in [2.05, 4.69) is 4.98 Å². The summed E-state index contributed by atoms with van der Waals surface area (Å²) in [5, 5.41) is 10.6. The van der Waals surface area contributed by atoms with Gasteiger partial charge in [0, 0.05) is 33.6 Å². The number of rotatable bonds is 5. The number of aromatic nitrogens is 2. The lowest BCUT2D eigenvalue weighted by molar-refractivity contribution is -0.151. The van der Waals surface area contributed by atoms with E-state index in [1.54, 1.807) is 26.0 Å². The number of benzene rings is 1. The highest BCUT2D eigenvalue weighted by Crippen LogP contribution is 2.33. The highest BCUT2D eigenvalue weighted by atomic mass is 19.1. The Bertz CT molecular complexity index is 1220. The van der Waals surface area contributed by atoms with Gasteiger partial charge in [-0.1, -0.05) is 12.1 Å². The Kier molecular flexibility index (Phi) is 7.72. The van der Waals surface area contributed by atoms with E-state index in [0.29, 0.717) is 30.4 Å². The summed E-state index contributed by atoms with van der Waals surface area (Å²) in [5.74, 6) is -3.03. The molecule has 35 heavy (non-hydrogen) atoms. The molecule has 1 aliphatic rings. The molecule has 3 rings (SSSR count). The number of nitrogens with zero attached hydrogens (tertiary/aromatic N) is 4. The van der Waals surface area contributed by atoms with Crippen LogP contribution in [0.3, 0.4) is 0 Å². The Morgan fingerprint density at radius 2 is 1.86 bits per heavy atom. The van der Waals surface area contributed by atoms with Crippen molar-refractivity contribution in [2.45, 2.75) is 58.0 Å². The highest BCUT2D eigenvalue weighted by molar-refractivity contribution is 6.34. The average Bonchev–Trinajstić information content (AvgIpc) is 2.98. The molecular weight excluding hydrogens is 455 g/mol. The van der Waals surface area contributed by atoms with Crippen molar-refractivity contribution in [3.05, 3.63) is 57.0 Å². The SMILES string of the molecule is Cc1ccc(CCC(=O)c2nc3n(c(=O)c2O)[C@H](C)CCC[C@H]3N(C)C(=O)C(=O)N(C)C)cc1F. The van der Waals surface area contributed by atoms with Crippen LogP contribution < -0.4 is 5.56 Å². The Balaban J connectivity index is 1.99. The molecular formula is C25H31FN4O5. The van der Waals surface area contributed by atoms with Crippen LogP contribution in [0.4, 0.5) is 4.39 Å². The average molecular weight is 487 g/mol. The second kappa shape index (κ2) is 10.4. The number of ketones is 1. The smallest absolute Gasteiger partial charge is 0.312 e. The van der Waals surface area contributed by atoms with Gasteiger partial charge >= 0.3 is 11.8 Å². The maximum Gasteiger partial charge on any atom is 0.312 e. The molecule has 2 amide bonds. The van der Waals surface area contributed by atoms with E-state index in [-0.39, 0.29) is 36.2 Å². The van der Waals surface area contributed by atoms with Crippen LogP contribution in [0.2, 0.25) is 0 Å². The van der Waals surface area contributed by atoms with Gasteiger partial charge in [0.25, 0.3) is 5.56 Å². The third kappa shape index (κ3) is 5.26. The largest absolute Gasteiger partial charge is 0.501 e. The molecule has 0 saturated carbocycles. The lowest BCUT2D eigenvalue weighted by Crippen LogP contribution is -2.43. The van der Waals surface area contributed by atoms with E-state index < -0.39 is 34.9 Å². The summed E-state index contributed by atoms with van der Waals surface area (Å²) in [5.41, 5.74) is -0.0529. The van der Waals surface area contributed by atoms with Crippen LogP contribution >= 0.6 is 0 Å². The Morgan fingerprint density at radius 3 is 2.49 bits per heavy atom. The molecule has 2 aromatic rings. The molecule has 1 aromatic carbocycles. The normalized spacial score (nSPS) is 17.3. The molecule has 1 aromatic heterocycles. The molecule has 9 nitrogen and oxygen atoms in total. The number of carbonyl (C=O) groups excluding carboxylic acids is 3. The Labute approximate surface area is 203 Å². The van der Waals surface area contributed by atoms with Crippen LogP contribution in [0.15, 0.2) is 23.0 Å². The van der Waals surface area contributed by atoms with Gasteiger partial charge < -0.3 is 14.9 Å². The van der Waals surface area contributed by atoms with Crippen LogP contribution in [0.5, 0.6) is 5.75 Å². The molecule has 0 bridgehead atoms. The number of aromatic hydroxyl groups is 1. The van der Waals surface area contributed by atoms with Crippen molar-refractivity contribution in [2.75, 3.05) is 21.1 Å². The first-order chi connectivity index (χ1) is 16.4. The zero-order valence-corrected chi connectivity index (χ0v) is 20.7. The molecule has 0 aliphatic carbocycles. The number of halogens is 1. The van der Waals surface area contributed by atoms with Gasteiger partial charge in [-0.3, -0.25) is 23.7 Å². The quantitative estimate of drug-likeness (QED) is 0.513. The third-order valence-electron chi connectivity index (χ3n) is 6.48. The minimum Gasteiger partial charge on any atom is -0.501 e. The lowest BCUT2D eigenvalue weighted by atomic mass is 10.0. The molecule has 2 heterocycles. The van der Waals surface area contributed by atoms with Crippen molar-refractivity contribution in [1.82, 2.24) is 19.4 Å². The predicted molar refractivity (Wildman–Crippen MR) is 127 cm³/mol. The van der Waals surface area contributed by atoms with Crippen LogP contribution in [0.25, 0.3) is 0 Å². The maximum atomic E-state index is 13.9. The van der Waals surface area contributed by atoms with E-state index in [1.165, 1.54) is 41.6 Å². The number of fused-ring (bicyclic) bond motifs is 1. The molecule has 0 fully saturated rings. The van der Waals surface area contributed by atoms with Crippen molar-refractivity contribution >= 4 is 17.6 Å². The summed E-state index contributed by atoms with van der Waals surface area (Å²) in [7, 11) is 4.39. The fourth-order valence-electron chi connectivity index (χ4n) is 4.28. The molecule has 0 unspecified atom stereocenters. The van der Waals surface area contributed by atoms with Gasteiger partial charge in [0.05, 0.1) is 6.04 Å². The molecule has 0 radical (unpaired) electrons. The van der Waals surface area contributed by atoms with Gasteiger partial charge in [-0.25, -0.2) is 9.37 Å². The molecule has 188 valence electrons. The molecule has 2 atom stereocenters. The van der Waals surface area contributed by atoms with Gasteiger partial charge in [0.2, 0.25) is 5.75 Å². The van der Waals surface area contributed by atoms with E-state index in [4.69, 9.17) is 0 Å². The van der Waals surface area contributed by atoms with Crippen LogP contribution in [-0.2, 0) is 16.0 Å². The highest BCUT2D eigenvalue weighted by Gasteiger charge is 2.35. The van der Waals surface area contributed by atoms with Crippen molar-refractivity contribution < 1.29 is 23.9 Å². The number of carbonyl (C=O) groups is 3. The zero-order valence-electron chi connectivity index (χ0n) is 20.7. The van der Waals surface area contributed by atoms with E-state index >= 15 is 0 Å². The molecule has 0 saturated heterocycles. The number of Topliss-reactive ketones (excluding diaryl/α,β-unsaturated/α-hetero) is 1. The number of hydrogen-bond donors (Lipinski definition) is 1.